The van der Waals surface area contributed by atoms with E-state index in [1.807, 2.05) is 42.7 Å². The van der Waals surface area contributed by atoms with Crippen molar-refractivity contribution in [1.29, 1.82) is 10.5 Å². The number of hydrogen-bond donors (Lipinski definition) is 1. The van der Waals surface area contributed by atoms with Crippen LogP contribution in [0.4, 0.5) is 4.39 Å². The fraction of sp³-hybridized carbons (Fsp3) is 0.357. The minimum Gasteiger partial charge on any atom is -0.492 e. The Morgan fingerprint density at radius 3 is 2.61 bits per heavy atom. The molecule has 0 saturated carbocycles. The molecule has 0 aliphatic carbocycles. The number of hydrogen-bond acceptors (Lipinski definition) is 6. The smallest absolute Gasteiger partial charge is 0.182 e. The van der Waals surface area contributed by atoms with E-state index in [4.69, 9.17) is 4.74 Å². The maximum Gasteiger partial charge on any atom is 0.182 e. The molecule has 0 amide bonds. The molecular formula is C28H31FN6O. The third kappa shape index (κ3) is 6.93. The van der Waals surface area contributed by atoms with Crippen molar-refractivity contribution in [3.8, 4) is 18.0 Å². The van der Waals surface area contributed by atoms with Gasteiger partial charge in [0, 0.05) is 19.0 Å². The summed E-state index contributed by atoms with van der Waals surface area (Å²) in [6.45, 7) is 6.14. The molecule has 0 fully saturated rings. The molecule has 186 valence electrons. The van der Waals surface area contributed by atoms with Gasteiger partial charge in [-0.25, -0.2) is 4.39 Å². The lowest BCUT2D eigenvalue weighted by molar-refractivity contribution is 0.326. The molecule has 1 unspecified atom stereocenters. The SMILES string of the molecule is CC(C)C(C#N)(CCCN1C=C(C(=NCCOc2ccc(F)cc2)NC#N)N=CC1)c1ccccc1. The van der Waals surface area contributed by atoms with Crippen molar-refractivity contribution in [3.05, 3.63) is 77.9 Å². The Bertz CT molecular complexity index is 1160. The van der Waals surface area contributed by atoms with Crippen molar-refractivity contribution < 1.29 is 9.13 Å². The van der Waals surface area contributed by atoms with Gasteiger partial charge in [0.25, 0.3) is 0 Å². The quantitative estimate of drug-likeness (QED) is 0.162. The number of benzene rings is 2. The Morgan fingerprint density at radius 1 is 1.19 bits per heavy atom. The van der Waals surface area contributed by atoms with Crippen LogP contribution in [0, 0.1) is 34.5 Å². The van der Waals surface area contributed by atoms with E-state index in [-0.39, 0.29) is 18.3 Å². The minimum absolute atomic E-state index is 0.176. The van der Waals surface area contributed by atoms with Gasteiger partial charge in [0.1, 0.15) is 23.9 Å². The number of rotatable bonds is 11. The van der Waals surface area contributed by atoms with E-state index < -0.39 is 5.41 Å². The first kappa shape index (κ1) is 26.4. The summed E-state index contributed by atoms with van der Waals surface area (Å²) in [5.41, 5.74) is 1.06. The second-order valence-corrected chi connectivity index (χ2v) is 8.80. The van der Waals surface area contributed by atoms with Crippen LogP contribution in [0.15, 0.2) is 76.5 Å². The number of nitriles is 2. The molecule has 1 heterocycles. The Kier molecular flexibility index (Phi) is 9.59. The molecule has 7 nitrogen and oxygen atoms in total. The lowest BCUT2D eigenvalue weighted by Crippen LogP contribution is -2.33. The van der Waals surface area contributed by atoms with E-state index in [1.165, 1.54) is 12.1 Å². The van der Waals surface area contributed by atoms with Gasteiger partial charge in [-0.2, -0.15) is 10.5 Å². The first-order valence-electron chi connectivity index (χ1n) is 12.0. The molecule has 1 atom stereocenters. The molecule has 0 aromatic heterocycles. The Balaban J connectivity index is 1.61. The van der Waals surface area contributed by atoms with Gasteiger partial charge in [-0.15, -0.1) is 0 Å². The van der Waals surface area contributed by atoms with Crippen LogP contribution in [-0.2, 0) is 5.41 Å². The Hall–Kier alpha value is -4.17. The van der Waals surface area contributed by atoms with E-state index in [1.54, 1.807) is 18.3 Å². The number of nitrogens with one attached hydrogen (secondary N) is 1. The van der Waals surface area contributed by atoms with Crippen LogP contribution in [0.3, 0.4) is 0 Å². The zero-order valence-electron chi connectivity index (χ0n) is 20.7. The van der Waals surface area contributed by atoms with Crippen molar-refractivity contribution in [2.24, 2.45) is 15.9 Å². The molecule has 1 aliphatic rings. The van der Waals surface area contributed by atoms with Gasteiger partial charge in [0.2, 0.25) is 0 Å². The average molecular weight is 487 g/mol. The topological polar surface area (TPSA) is 96.8 Å². The van der Waals surface area contributed by atoms with Crippen molar-refractivity contribution in [2.45, 2.75) is 32.1 Å². The van der Waals surface area contributed by atoms with E-state index in [0.717, 1.165) is 24.9 Å². The summed E-state index contributed by atoms with van der Waals surface area (Å²) in [5, 5.41) is 21.9. The lowest BCUT2D eigenvalue weighted by Gasteiger charge is -2.32. The summed E-state index contributed by atoms with van der Waals surface area (Å²) in [5.74, 6) is 0.761. The van der Waals surface area contributed by atoms with Crippen molar-refractivity contribution in [3.63, 3.8) is 0 Å². The lowest BCUT2D eigenvalue weighted by atomic mass is 9.70. The molecular weight excluding hydrogens is 455 g/mol. The van der Waals surface area contributed by atoms with Crippen molar-refractivity contribution in [2.75, 3.05) is 26.2 Å². The van der Waals surface area contributed by atoms with Gasteiger partial charge < -0.3 is 9.64 Å². The molecule has 0 spiro atoms. The van der Waals surface area contributed by atoms with Gasteiger partial charge in [0.15, 0.2) is 12.0 Å². The van der Waals surface area contributed by atoms with Crippen LogP contribution in [0.2, 0.25) is 0 Å². The highest BCUT2D eigenvalue weighted by atomic mass is 19.1. The fourth-order valence-electron chi connectivity index (χ4n) is 4.18. The van der Waals surface area contributed by atoms with Crippen LogP contribution in [0.25, 0.3) is 0 Å². The summed E-state index contributed by atoms with van der Waals surface area (Å²) in [6.07, 6.45) is 7.14. The van der Waals surface area contributed by atoms with Crippen molar-refractivity contribution in [1.82, 2.24) is 10.2 Å². The maximum atomic E-state index is 13.0. The monoisotopic (exact) mass is 486 g/mol. The molecule has 1 aliphatic heterocycles. The molecule has 0 radical (unpaired) electrons. The predicted octanol–water partition coefficient (Wildman–Crippen LogP) is 4.80. The third-order valence-electron chi connectivity index (χ3n) is 6.20. The molecule has 2 aromatic rings. The fourth-order valence-corrected chi connectivity index (χ4v) is 4.18. The van der Waals surface area contributed by atoms with Gasteiger partial charge >= 0.3 is 0 Å². The van der Waals surface area contributed by atoms with Crippen LogP contribution in [0.1, 0.15) is 32.3 Å². The highest BCUT2D eigenvalue weighted by Gasteiger charge is 2.35. The number of ether oxygens (including phenoxy) is 1. The second-order valence-electron chi connectivity index (χ2n) is 8.80. The first-order chi connectivity index (χ1) is 17.5. The van der Waals surface area contributed by atoms with Gasteiger partial charge in [-0.1, -0.05) is 44.2 Å². The van der Waals surface area contributed by atoms with E-state index in [2.05, 4.69) is 40.1 Å². The summed E-state index contributed by atoms with van der Waals surface area (Å²) in [6, 6.07) is 18.4. The highest BCUT2D eigenvalue weighted by molar-refractivity contribution is 6.00. The van der Waals surface area contributed by atoms with Crippen LogP contribution in [0.5, 0.6) is 5.75 Å². The number of nitrogens with zero attached hydrogens (tertiary/aromatic N) is 5. The van der Waals surface area contributed by atoms with Gasteiger partial charge in [0.05, 0.1) is 24.6 Å². The Morgan fingerprint density at radius 2 is 1.94 bits per heavy atom. The van der Waals surface area contributed by atoms with Crippen LogP contribution < -0.4 is 10.1 Å². The molecule has 3 rings (SSSR count). The summed E-state index contributed by atoms with van der Waals surface area (Å²) >= 11 is 0. The molecule has 8 heteroatoms. The van der Waals surface area contributed by atoms with Crippen molar-refractivity contribution >= 4 is 12.1 Å². The molecule has 0 saturated heterocycles. The van der Waals surface area contributed by atoms with Crippen LogP contribution >= 0.6 is 0 Å². The highest BCUT2D eigenvalue weighted by Crippen LogP contribution is 2.36. The zero-order chi connectivity index (χ0) is 25.8. The number of amidine groups is 1. The first-order valence-corrected chi connectivity index (χ1v) is 12.0. The second kappa shape index (κ2) is 13.1. The number of halogens is 1. The average Bonchev–Trinajstić information content (AvgIpc) is 2.90. The summed E-state index contributed by atoms with van der Waals surface area (Å²) in [7, 11) is 0. The molecule has 36 heavy (non-hydrogen) atoms. The largest absolute Gasteiger partial charge is 0.492 e. The predicted molar refractivity (Wildman–Crippen MR) is 139 cm³/mol. The summed E-state index contributed by atoms with van der Waals surface area (Å²) < 4.78 is 18.6. The van der Waals surface area contributed by atoms with Gasteiger partial charge in [-0.05, 0) is 48.6 Å². The third-order valence-corrected chi connectivity index (χ3v) is 6.20. The maximum absolute atomic E-state index is 13.0. The molecule has 0 bridgehead atoms. The standard InChI is InChI=1S/C28H31FN6O/c1-22(2)28(20-30,23-7-4-3-5-8-23)13-6-16-35-17-14-32-26(19-35)27(34-21-31)33-15-18-36-25-11-9-24(29)10-12-25/h3-5,7-12,14,19,22H,6,13,15-18H2,1-2H3,(H,33,34). The van der Waals surface area contributed by atoms with Gasteiger partial charge in [-0.3, -0.25) is 15.3 Å². The van der Waals surface area contributed by atoms with Crippen LogP contribution in [-0.4, -0.2) is 43.2 Å². The normalized spacial score (nSPS) is 15.0. The zero-order valence-corrected chi connectivity index (χ0v) is 20.7. The molecule has 1 N–H and O–H groups in total. The Labute approximate surface area is 212 Å². The minimum atomic E-state index is -0.544. The number of aliphatic imine (C=N–C) groups is 2. The van der Waals surface area contributed by atoms with E-state index in [0.29, 0.717) is 30.4 Å². The summed E-state index contributed by atoms with van der Waals surface area (Å²) in [4.78, 5) is 11.0. The molecule has 2 aromatic carbocycles. The van der Waals surface area contributed by atoms with E-state index >= 15 is 0 Å². The van der Waals surface area contributed by atoms with E-state index in [9.17, 15) is 14.9 Å².